The van der Waals surface area contributed by atoms with Crippen LogP contribution in [0.4, 0.5) is 17.5 Å². The summed E-state index contributed by atoms with van der Waals surface area (Å²) in [5.74, 6) is 0.896. The number of likely N-dealkylation sites (N-methyl/N-ethyl adjacent to an activating group) is 1. The van der Waals surface area contributed by atoms with E-state index >= 15 is 0 Å². The van der Waals surface area contributed by atoms with Gasteiger partial charge < -0.3 is 20.4 Å². The van der Waals surface area contributed by atoms with E-state index in [1.165, 1.54) is 6.08 Å². The van der Waals surface area contributed by atoms with Crippen LogP contribution in [-0.4, -0.2) is 84.4 Å². The number of anilines is 3. The minimum atomic E-state index is -0.0685. The average Bonchev–Trinajstić information content (AvgIpc) is 3.45. The van der Waals surface area contributed by atoms with E-state index in [-0.39, 0.29) is 11.9 Å². The van der Waals surface area contributed by atoms with Crippen LogP contribution in [0.1, 0.15) is 26.7 Å². The number of hydrogen-bond acceptors (Lipinski definition) is 8. The van der Waals surface area contributed by atoms with Gasteiger partial charge in [-0.25, -0.2) is 0 Å². The van der Waals surface area contributed by atoms with E-state index in [1.54, 1.807) is 11.1 Å². The molecule has 1 saturated heterocycles. The third-order valence-corrected chi connectivity index (χ3v) is 6.33. The Morgan fingerprint density at radius 2 is 2.21 bits per heavy atom. The monoisotopic (exact) mass is 486 g/mol. The zero-order valence-electron chi connectivity index (χ0n) is 19.6. The number of likely N-dealkylation sites (tertiary alicyclic amines) is 1. The normalized spacial score (nSPS) is 16.2. The summed E-state index contributed by atoms with van der Waals surface area (Å²) in [4.78, 5) is 25.4. The number of halogens is 1. The molecule has 0 aliphatic carbocycles. The van der Waals surface area contributed by atoms with Crippen LogP contribution in [0.2, 0.25) is 5.15 Å². The standard InChI is InChI=1S/C22H31ClN10O/c1-4-17(34)32-9-7-8-15(13-32)25-20-18-19(23)29-30-21(18)28-22(27-20)26-16-12-24-33(14-16)11-10-31(5-2)6-3/h4,12,14-15H,1,5-11,13H2,2-3H3,(H3,25,26,27,28,29,30). The molecule has 0 radical (unpaired) electrons. The number of aromatic nitrogens is 6. The number of H-pyrrole nitrogens is 1. The van der Waals surface area contributed by atoms with Crippen molar-refractivity contribution in [1.82, 2.24) is 39.7 Å². The molecule has 182 valence electrons. The van der Waals surface area contributed by atoms with Crippen LogP contribution in [0.5, 0.6) is 0 Å². The molecule has 0 aromatic carbocycles. The Balaban J connectivity index is 1.50. The molecule has 1 unspecified atom stereocenters. The highest BCUT2D eigenvalue weighted by Gasteiger charge is 2.24. The molecule has 3 N–H and O–H groups in total. The first kappa shape index (κ1) is 24.0. The molecule has 4 heterocycles. The number of carbonyl (C=O) groups excluding carboxylic acids is 1. The highest BCUT2D eigenvalue weighted by Crippen LogP contribution is 2.29. The molecule has 1 atom stereocenters. The topological polar surface area (TPSA) is 120 Å². The minimum Gasteiger partial charge on any atom is -0.365 e. The number of hydrogen-bond donors (Lipinski definition) is 3. The zero-order chi connectivity index (χ0) is 24.1. The summed E-state index contributed by atoms with van der Waals surface area (Å²) in [6.07, 6.45) is 6.83. The molecule has 12 heteroatoms. The summed E-state index contributed by atoms with van der Waals surface area (Å²) in [7, 11) is 0. The van der Waals surface area contributed by atoms with E-state index in [4.69, 9.17) is 11.6 Å². The number of amides is 1. The molecule has 11 nitrogen and oxygen atoms in total. The molecule has 0 spiro atoms. The second-order valence-electron chi connectivity index (χ2n) is 8.25. The Kier molecular flexibility index (Phi) is 7.63. The van der Waals surface area contributed by atoms with E-state index in [0.29, 0.717) is 34.5 Å². The molecule has 1 amide bonds. The molecule has 4 rings (SSSR count). The Bertz CT molecular complexity index is 1140. The predicted octanol–water partition coefficient (Wildman–Crippen LogP) is 2.88. The number of piperidine rings is 1. The van der Waals surface area contributed by atoms with Crippen LogP contribution in [-0.2, 0) is 11.3 Å². The minimum absolute atomic E-state index is 0.0254. The average molecular weight is 487 g/mol. The van der Waals surface area contributed by atoms with Gasteiger partial charge in [-0.3, -0.25) is 14.6 Å². The molecular weight excluding hydrogens is 456 g/mol. The number of carbonyl (C=O) groups is 1. The van der Waals surface area contributed by atoms with Crippen LogP contribution in [0.15, 0.2) is 25.0 Å². The van der Waals surface area contributed by atoms with E-state index in [0.717, 1.165) is 51.3 Å². The first-order chi connectivity index (χ1) is 16.5. The van der Waals surface area contributed by atoms with E-state index in [1.807, 2.05) is 10.9 Å². The fourth-order valence-corrected chi connectivity index (χ4v) is 4.36. The quantitative estimate of drug-likeness (QED) is 0.374. The lowest BCUT2D eigenvalue weighted by Crippen LogP contribution is -2.44. The second kappa shape index (κ2) is 10.8. The second-order valence-corrected chi connectivity index (χ2v) is 8.61. The van der Waals surface area contributed by atoms with Gasteiger partial charge in [-0.2, -0.15) is 20.2 Å². The number of fused-ring (bicyclic) bond motifs is 1. The van der Waals surface area contributed by atoms with Gasteiger partial charge in [0.15, 0.2) is 10.8 Å². The summed E-state index contributed by atoms with van der Waals surface area (Å²) in [6.45, 7) is 13.0. The van der Waals surface area contributed by atoms with Gasteiger partial charge >= 0.3 is 0 Å². The number of aromatic amines is 1. The Hall–Kier alpha value is -3.18. The van der Waals surface area contributed by atoms with Gasteiger partial charge in [-0.15, -0.1) is 0 Å². The van der Waals surface area contributed by atoms with E-state index < -0.39 is 0 Å². The summed E-state index contributed by atoms with van der Waals surface area (Å²) < 4.78 is 1.90. The molecule has 0 saturated carbocycles. The maximum Gasteiger partial charge on any atom is 0.246 e. The number of nitrogens with one attached hydrogen (secondary N) is 3. The van der Waals surface area contributed by atoms with Crippen LogP contribution in [0.25, 0.3) is 11.0 Å². The Morgan fingerprint density at radius 3 is 2.97 bits per heavy atom. The number of rotatable bonds is 10. The molecule has 1 aliphatic rings. The maximum absolute atomic E-state index is 12.1. The molecule has 34 heavy (non-hydrogen) atoms. The van der Waals surface area contributed by atoms with Gasteiger partial charge in [0, 0.05) is 31.9 Å². The summed E-state index contributed by atoms with van der Waals surface area (Å²) >= 11 is 6.32. The molecule has 3 aromatic rings. The van der Waals surface area contributed by atoms with Crippen LogP contribution in [0, 0.1) is 0 Å². The van der Waals surface area contributed by atoms with Crippen molar-refractivity contribution >= 4 is 46.0 Å². The largest absolute Gasteiger partial charge is 0.365 e. The van der Waals surface area contributed by atoms with Crippen LogP contribution >= 0.6 is 11.6 Å². The molecule has 0 bridgehead atoms. The lowest BCUT2D eigenvalue weighted by molar-refractivity contribution is -0.127. The van der Waals surface area contributed by atoms with Crippen molar-refractivity contribution < 1.29 is 4.79 Å². The number of nitrogens with zero attached hydrogens (tertiary/aromatic N) is 7. The molecule has 1 fully saturated rings. The van der Waals surface area contributed by atoms with E-state index in [2.05, 4.69) is 61.2 Å². The summed E-state index contributed by atoms with van der Waals surface area (Å²) in [6, 6.07) is 0.0254. The lowest BCUT2D eigenvalue weighted by Gasteiger charge is -2.32. The van der Waals surface area contributed by atoms with Gasteiger partial charge in [0.05, 0.1) is 18.4 Å². The van der Waals surface area contributed by atoms with Crippen LogP contribution in [0.3, 0.4) is 0 Å². The fraction of sp³-hybridized carbons (Fsp3) is 0.500. The highest BCUT2D eigenvalue weighted by atomic mass is 35.5. The van der Waals surface area contributed by atoms with E-state index in [9.17, 15) is 4.79 Å². The van der Waals surface area contributed by atoms with Crippen molar-refractivity contribution in [2.45, 2.75) is 39.3 Å². The third kappa shape index (κ3) is 5.48. The van der Waals surface area contributed by atoms with Crippen molar-refractivity contribution in [3.8, 4) is 0 Å². The van der Waals surface area contributed by atoms with Crippen molar-refractivity contribution in [3.63, 3.8) is 0 Å². The van der Waals surface area contributed by atoms with Crippen molar-refractivity contribution in [2.75, 3.05) is 43.4 Å². The predicted molar refractivity (Wildman–Crippen MR) is 133 cm³/mol. The highest BCUT2D eigenvalue weighted by molar-refractivity contribution is 6.35. The fourth-order valence-electron chi connectivity index (χ4n) is 4.14. The molecule has 3 aromatic heterocycles. The SMILES string of the molecule is C=CC(=O)N1CCCC(Nc2nc(Nc3cnn(CCN(CC)CC)c3)nc3[nH]nc(Cl)c23)C1. The van der Waals surface area contributed by atoms with Gasteiger partial charge in [0.1, 0.15) is 11.2 Å². The van der Waals surface area contributed by atoms with Gasteiger partial charge in [-0.1, -0.05) is 32.0 Å². The van der Waals surface area contributed by atoms with Gasteiger partial charge in [-0.05, 0) is 32.0 Å². The molecule has 1 aliphatic heterocycles. The van der Waals surface area contributed by atoms with Crippen molar-refractivity contribution in [3.05, 3.63) is 30.2 Å². The summed E-state index contributed by atoms with van der Waals surface area (Å²) in [5, 5.41) is 19.0. The Labute approximate surface area is 203 Å². The van der Waals surface area contributed by atoms with Crippen molar-refractivity contribution in [2.24, 2.45) is 0 Å². The Morgan fingerprint density at radius 1 is 1.38 bits per heavy atom. The zero-order valence-corrected chi connectivity index (χ0v) is 20.3. The van der Waals surface area contributed by atoms with Crippen LogP contribution < -0.4 is 10.6 Å². The molecular formula is C22H31ClN10O. The first-order valence-corrected chi connectivity index (χ1v) is 12.0. The van der Waals surface area contributed by atoms with Gasteiger partial charge in [0.25, 0.3) is 0 Å². The van der Waals surface area contributed by atoms with Gasteiger partial charge in [0.2, 0.25) is 11.9 Å². The third-order valence-electron chi connectivity index (χ3n) is 6.05. The van der Waals surface area contributed by atoms with Crippen molar-refractivity contribution in [1.29, 1.82) is 0 Å². The summed E-state index contributed by atoms with van der Waals surface area (Å²) in [5.41, 5.74) is 1.31. The lowest BCUT2D eigenvalue weighted by atomic mass is 10.1. The maximum atomic E-state index is 12.1. The smallest absolute Gasteiger partial charge is 0.246 e. The first-order valence-electron chi connectivity index (χ1n) is 11.6.